The summed E-state index contributed by atoms with van der Waals surface area (Å²) in [5, 5.41) is 8.78. The largest absolute Gasteiger partial charge is 0.481 e. The molecule has 0 saturated carbocycles. The van der Waals surface area contributed by atoms with Crippen LogP contribution in [0.3, 0.4) is 0 Å². The second kappa shape index (κ2) is 6.98. The van der Waals surface area contributed by atoms with Gasteiger partial charge in [-0.3, -0.25) is 9.59 Å². The molecule has 20 heavy (non-hydrogen) atoms. The summed E-state index contributed by atoms with van der Waals surface area (Å²) in [5.74, 6) is -0.250. The number of amides is 1. The van der Waals surface area contributed by atoms with Gasteiger partial charge in [-0.2, -0.15) is 0 Å². The number of carbonyl (C=O) groups excluding carboxylic acids is 1. The molecule has 0 atom stereocenters. The van der Waals surface area contributed by atoms with Crippen LogP contribution in [0, 0.1) is 19.8 Å². The first-order valence-electron chi connectivity index (χ1n) is 6.62. The third-order valence-electron chi connectivity index (χ3n) is 2.80. The third-order valence-corrected chi connectivity index (χ3v) is 2.80. The molecule has 0 aliphatic carbocycles. The summed E-state index contributed by atoms with van der Waals surface area (Å²) in [6.07, 6.45) is 1.44. The van der Waals surface area contributed by atoms with Crippen molar-refractivity contribution in [1.82, 2.24) is 14.9 Å². The highest BCUT2D eigenvalue weighted by molar-refractivity contribution is 5.95. The Labute approximate surface area is 118 Å². The zero-order chi connectivity index (χ0) is 15.3. The molecule has 6 heteroatoms. The molecule has 1 aromatic rings. The van der Waals surface area contributed by atoms with Crippen LogP contribution >= 0.6 is 0 Å². The molecule has 1 N–H and O–H groups in total. The summed E-state index contributed by atoms with van der Waals surface area (Å²) in [5.41, 5.74) is 1.05. The fourth-order valence-electron chi connectivity index (χ4n) is 1.91. The Morgan fingerprint density at radius 3 is 2.50 bits per heavy atom. The van der Waals surface area contributed by atoms with E-state index in [1.54, 1.807) is 18.7 Å². The van der Waals surface area contributed by atoms with Gasteiger partial charge in [-0.05, 0) is 19.8 Å². The van der Waals surface area contributed by atoms with E-state index in [1.807, 2.05) is 13.8 Å². The Balaban J connectivity index is 2.93. The minimum Gasteiger partial charge on any atom is -0.481 e. The number of rotatable bonds is 6. The van der Waals surface area contributed by atoms with Gasteiger partial charge in [0.1, 0.15) is 5.82 Å². The molecule has 0 unspecified atom stereocenters. The van der Waals surface area contributed by atoms with E-state index in [2.05, 4.69) is 9.97 Å². The molecule has 110 valence electrons. The van der Waals surface area contributed by atoms with Crippen molar-refractivity contribution in [2.45, 2.75) is 34.1 Å². The van der Waals surface area contributed by atoms with Crippen molar-refractivity contribution in [2.75, 3.05) is 13.1 Å². The fraction of sp³-hybridized carbons (Fsp3) is 0.571. The van der Waals surface area contributed by atoms with Gasteiger partial charge in [-0.1, -0.05) is 13.8 Å². The van der Waals surface area contributed by atoms with E-state index in [0.29, 0.717) is 23.6 Å². The van der Waals surface area contributed by atoms with Crippen LogP contribution in [0.15, 0.2) is 6.20 Å². The lowest BCUT2D eigenvalue weighted by atomic mass is 10.1. The third kappa shape index (κ3) is 4.60. The first-order valence-corrected chi connectivity index (χ1v) is 6.62. The van der Waals surface area contributed by atoms with Crippen LogP contribution in [0.5, 0.6) is 0 Å². The number of aliphatic carboxylic acids is 1. The van der Waals surface area contributed by atoms with Gasteiger partial charge in [0.05, 0.1) is 17.7 Å². The van der Waals surface area contributed by atoms with Gasteiger partial charge in [0.2, 0.25) is 0 Å². The van der Waals surface area contributed by atoms with Crippen molar-refractivity contribution in [2.24, 2.45) is 5.92 Å². The van der Waals surface area contributed by atoms with E-state index in [-0.39, 0.29) is 24.8 Å². The van der Waals surface area contributed by atoms with Gasteiger partial charge < -0.3 is 10.0 Å². The van der Waals surface area contributed by atoms with Crippen molar-refractivity contribution in [3.05, 3.63) is 23.3 Å². The molecule has 0 spiro atoms. The first-order chi connectivity index (χ1) is 9.31. The number of carboxylic acid groups (broad SMARTS) is 1. The van der Waals surface area contributed by atoms with E-state index in [9.17, 15) is 9.59 Å². The molecule has 1 rings (SSSR count). The quantitative estimate of drug-likeness (QED) is 0.856. The van der Waals surface area contributed by atoms with Crippen LogP contribution in [0.25, 0.3) is 0 Å². The minimum atomic E-state index is -0.913. The number of carbonyl (C=O) groups is 2. The highest BCUT2D eigenvalue weighted by Gasteiger charge is 2.20. The number of aryl methyl sites for hydroxylation is 2. The average molecular weight is 279 g/mol. The molecule has 0 aliphatic rings. The van der Waals surface area contributed by atoms with E-state index >= 15 is 0 Å². The maximum absolute atomic E-state index is 12.5. The number of carboxylic acids is 1. The molecule has 6 nitrogen and oxygen atoms in total. The molecule has 1 heterocycles. The summed E-state index contributed by atoms with van der Waals surface area (Å²) in [6.45, 7) is 8.20. The lowest BCUT2D eigenvalue weighted by Crippen LogP contribution is -2.36. The van der Waals surface area contributed by atoms with E-state index in [0.717, 1.165) is 0 Å². The lowest BCUT2D eigenvalue weighted by molar-refractivity contribution is -0.137. The topological polar surface area (TPSA) is 83.4 Å². The maximum atomic E-state index is 12.5. The second-order valence-electron chi connectivity index (χ2n) is 5.21. The lowest BCUT2D eigenvalue weighted by Gasteiger charge is -2.24. The molecular weight excluding hydrogens is 258 g/mol. The summed E-state index contributed by atoms with van der Waals surface area (Å²) >= 11 is 0. The minimum absolute atomic E-state index is 0.0653. The highest BCUT2D eigenvalue weighted by Crippen LogP contribution is 2.11. The predicted molar refractivity (Wildman–Crippen MR) is 74.5 cm³/mol. The molecule has 0 aromatic carbocycles. The fourth-order valence-corrected chi connectivity index (χ4v) is 1.91. The first kappa shape index (κ1) is 16.1. The van der Waals surface area contributed by atoms with Gasteiger partial charge in [0, 0.05) is 19.3 Å². The van der Waals surface area contributed by atoms with Crippen LogP contribution < -0.4 is 0 Å². The average Bonchev–Trinajstić information content (AvgIpc) is 2.33. The van der Waals surface area contributed by atoms with Crippen molar-refractivity contribution < 1.29 is 14.7 Å². The maximum Gasteiger partial charge on any atom is 0.305 e. The normalized spacial score (nSPS) is 10.7. The van der Waals surface area contributed by atoms with Gasteiger partial charge in [-0.25, -0.2) is 9.97 Å². The summed E-state index contributed by atoms with van der Waals surface area (Å²) < 4.78 is 0. The van der Waals surface area contributed by atoms with Crippen LogP contribution in [-0.4, -0.2) is 44.9 Å². The SMILES string of the molecule is Cc1ncc(C(=O)N(CCC(=O)O)CC(C)C)c(C)n1. The Morgan fingerprint density at radius 2 is 2.00 bits per heavy atom. The van der Waals surface area contributed by atoms with Crippen LogP contribution in [-0.2, 0) is 4.79 Å². The molecule has 0 fully saturated rings. The standard InChI is InChI=1S/C14H21N3O3/c1-9(2)8-17(6-5-13(18)19)14(20)12-7-15-11(4)16-10(12)3/h7,9H,5-6,8H2,1-4H3,(H,18,19). The van der Waals surface area contributed by atoms with Gasteiger partial charge >= 0.3 is 5.97 Å². The van der Waals surface area contributed by atoms with Crippen LogP contribution in [0.4, 0.5) is 0 Å². The van der Waals surface area contributed by atoms with E-state index in [4.69, 9.17) is 5.11 Å². The van der Waals surface area contributed by atoms with Gasteiger partial charge in [0.15, 0.2) is 0 Å². The van der Waals surface area contributed by atoms with Gasteiger partial charge in [-0.15, -0.1) is 0 Å². The van der Waals surface area contributed by atoms with Crippen molar-refractivity contribution in [1.29, 1.82) is 0 Å². The molecule has 0 radical (unpaired) electrons. The van der Waals surface area contributed by atoms with Crippen LogP contribution in [0.2, 0.25) is 0 Å². The summed E-state index contributed by atoms with van der Waals surface area (Å²) in [7, 11) is 0. The van der Waals surface area contributed by atoms with Crippen LogP contribution in [0.1, 0.15) is 42.1 Å². The monoisotopic (exact) mass is 279 g/mol. The Kier molecular flexibility index (Phi) is 5.61. The Bertz CT molecular complexity index is 500. The van der Waals surface area contributed by atoms with Crippen molar-refractivity contribution >= 4 is 11.9 Å². The smallest absolute Gasteiger partial charge is 0.305 e. The van der Waals surface area contributed by atoms with Gasteiger partial charge in [0.25, 0.3) is 5.91 Å². The molecule has 1 aromatic heterocycles. The molecule has 1 amide bonds. The highest BCUT2D eigenvalue weighted by atomic mass is 16.4. The molecule has 0 saturated heterocycles. The Hall–Kier alpha value is -1.98. The van der Waals surface area contributed by atoms with E-state index < -0.39 is 5.97 Å². The molecule has 0 aliphatic heterocycles. The van der Waals surface area contributed by atoms with Crippen molar-refractivity contribution in [3.8, 4) is 0 Å². The number of aromatic nitrogens is 2. The predicted octanol–water partition coefficient (Wildman–Crippen LogP) is 1.67. The number of hydrogen-bond donors (Lipinski definition) is 1. The van der Waals surface area contributed by atoms with Crippen molar-refractivity contribution in [3.63, 3.8) is 0 Å². The summed E-state index contributed by atoms with van der Waals surface area (Å²) in [4.78, 5) is 33.0. The second-order valence-corrected chi connectivity index (χ2v) is 5.21. The van der Waals surface area contributed by atoms with E-state index in [1.165, 1.54) is 6.20 Å². The molecule has 0 bridgehead atoms. The summed E-state index contributed by atoms with van der Waals surface area (Å²) in [6, 6.07) is 0. The number of nitrogens with zero attached hydrogens (tertiary/aromatic N) is 3. The number of hydrogen-bond acceptors (Lipinski definition) is 4. The molecular formula is C14H21N3O3. The zero-order valence-electron chi connectivity index (χ0n) is 12.4. The zero-order valence-corrected chi connectivity index (χ0v) is 12.4. The Morgan fingerprint density at radius 1 is 1.35 bits per heavy atom.